The number of rotatable bonds is 4. The fourth-order valence-electron chi connectivity index (χ4n) is 2.15. The zero-order chi connectivity index (χ0) is 12.1. The van der Waals surface area contributed by atoms with Crippen molar-refractivity contribution in [1.82, 2.24) is 15.3 Å². The van der Waals surface area contributed by atoms with Crippen LogP contribution < -0.4 is 15.0 Å². The van der Waals surface area contributed by atoms with Crippen LogP contribution in [0.25, 0.3) is 0 Å². The average molecular weight is 236 g/mol. The number of likely N-dealkylation sites (N-methyl/N-ethyl adjacent to an activating group) is 1. The predicted molar refractivity (Wildman–Crippen MR) is 67.5 cm³/mol. The molecule has 0 aromatic carbocycles. The van der Waals surface area contributed by atoms with E-state index in [0.29, 0.717) is 18.5 Å². The van der Waals surface area contributed by atoms with Crippen molar-refractivity contribution in [1.29, 1.82) is 0 Å². The molecule has 0 spiro atoms. The standard InChI is InChI=1S/C12H20N4O/c1-3-17-12-7-11(14-9-15-12)16-6-4-5-10(8-16)13-2/h7,9-10,13H,3-6,8H2,1-2H3/t10-/m0/s1. The Morgan fingerprint density at radius 3 is 3.18 bits per heavy atom. The Hall–Kier alpha value is -1.36. The number of anilines is 1. The van der Waals surface area contributed by atoms with Crippen molar-refractivity contribution in [3.63, 3.8) is 0 Å². The Morgan fingerprint density at radius 1 is 1.53 bits per heavy atom. The van der Waals surface area contributed by atoms with Gasteiger partial charge in [-0.15, -0.1) is 0 Å². The van der Waals surface area contributed by atoms with Gasteiger partial charge in [0.1, 0.15) is 12.1 Å². The summed E-state index contributed by atoms with van der Waals surface area (Å²) >= 11 is 0. The molecular weight excluding hydrogens is 216 g/mol. The summed E-state index contributed by atoms with van der Waals surface area (Å²) in [5.41, 5.74) is 0. The molecule has 5 nitrogen and oxygen atoms in total. The van der Waals surface area contributed by atoms with Crippen LogP contribution in [0.5, 0.6) is 5.88 Å². The molecule has 1 fully saturated rings. The van der Waals surface area contributed by atoms with Gasteiger partial charge in [0.25, 0.3) is 0 Å². The third-order valence-electron chi connectivity index (χ3n) is 3.07. The minimum Gasteiger partial charge on any atom is -0.478 e. The molecule has 0 unspecified atom stereocenters. The van der Waals surface area contributed by atoms with Crippen LogP contribution in [0.4, 0.5) is 5.82 Å². The SMILES string of the molecule is CCOc1cc(N2CCC[C@H](NC)C2)ncn1. The maximum Gasteiger partial charge on any atom is 0.218 e. The highest BCUT2D eigenvalue weighted by molar-refractivity contribution is 5.41. The van der Waals surface area contributed by atoms with Crippen LogP contribution in [-0.2, 0) is 0 Å². The third kappa shape index (κ3) is 3.06. The van der Waals surface area contributed by atoms with Crippen LogP contribution in [0.1, 0.15) is 19.8 Å². The van der Waals surface area contributed by atoms with E-state index in [0.717, 1.165) is 18.9 Å². The smallest absolute Gasteiger partial charge is 0.218 e. The molecule has 1 atom stereocenters. The molecule has 17 heavy (non-hydrogen) atoms. The number of hydrogen-bond donors (Lipinski definition) is 1. The van der Waals surface area contributed by atoms with E-state index in [9.17, 15) is 0 Å². The second-order valence-electron chi connectivity index (χ2n) is 4.22. The third-order valence-corrected chi connectivity index (χ3v) is 3.07. The van der Waals surface area contributed by atoms with Gasteiger partial charge in [0, 0.05) is 25.2 Å². The van der Waals surface area contributed by atoms with Gasteiger partial charge in [-0.25, -0.2) is 9.97 Å². The van der Waals surface area contributed by atoms with E-state index in [-0.39, 0.29) is 0 Å². The number of nitrogens with zero attached hydrogens (tertiary/aromatic N) is 3. The molecule has 1 aliphatic heterocycles. The average Bonchev–Trinajstić information content (AvgIpc) is 2.40. The largest absolute Gasteiger partial charge is 0.478 e. The Bertz CT molecular complexity index is 358. The van der Waals surface area contributed by atoms with Gasteiger partial charge in [-0.1, -0.05) is 0 Å². The van der Waals surface area contributed by atoms with Gasteiger partial charge in [-0.2, -0.15) is 0 Å². The first-order chi connectivity index (χ1) is 8.33. The molecule has 1 aromatic rings. The van der Waals surface area contributed by atoms with Crippen LogP contribution in [0, 0.1) is 0 Å². The molecule has 0 bridgehead atoms. The van der Waals surface area contributed by atoms with E-state index >= 15 is 0 Å². The predicted octanol–water partition coefficient (Wildman–Crippen LogP) is 1.06. The minimum absolute atomic E-state index is 0.550. The molecule has 1 aromatic heterocycles. The lowest BCUT2D eigenvalue weighted by Crippen LogP contribution is -2.44. The first-order valence-electron chi connectivity index (χ1n) is 6.20. The lowest BCUT2D eigenvalue weighted by atomic mass is 10.1. The monoisotopic (exact) mass is 236 g/mol. The summed E-state index contributed by atoms with van der Waals surface area (Å²) in [5, 5.41) is 3.33. The lowest BCUT2D eigenvalue weighted by molar-refractivity contribution is 0.326. The van der Waals surface area contributed by atoms with Gasteiger partial charge < -0.3 is 15.0 Å². The molecule has 1 saturated heterocycles. The molecule has 5 heteroatoms. The fraction of sp³-hybridized carbons (Fsp3) is 0.667. The number of piperidine rings is 1. The van der Waals surface area contributed by atoms with Crippen molar-refractivity contribution in [2.45, 2.75) is 25.8 Å². The number of hydrogen-bond acceptors (Lipinski definition) is 5. The van der Waals surface area contributed by atoms with Gasteiger partial charge >= 0.3 is 0 Å². The summed E-state index contributed by atoms with van der Waals surface area (Å²) < 4.78 is 5.40. The molecule has 1 aliphatic rings. The van der Waals surface area contributed by atoms with E-state index in [1.54, 1.807) is 6.33 Å². The second kappa shape index (κ2) is 5.82. The Kier molecular flexibility index (Phi) is 4.14. The summed E-state index contributed by atoms with van der Waals surface area (Å²) in [4.78, 5) is 10.7. The zero-order valence-electron chi connectivity index (χ0n) is 10.5. The van der Waals surface area contributed by atoms with Crippen LogP contribution in [0.3, 0.4) is 0 Å². The highest BCUT2D eigenvalue weighted by Gasteiger charge is 2.19. The van der Waals surface area contributed by atoms with E-state index < -0.39 is 0 Å². The molecule has 0 aliphatic carbocycles. The highest BCUT2D eigenvalue weighted by atomic mass is 16.5. The second-order valence-corrected chi connectivity index (χ2v) is 4.22. The van der Waals surface area contributed by atoms with Gasteiger partial charge in [-0.3, -0.25) is 0 Å². The Balaban J connectivity index is 2.07. The van der Waals surface area contributed by atoms with Crippen molar-refractivity contribution in [3.8, 4) is 5.88 Å². The van der Waals surface area contributed by atoms with E-state index in [1.165, 1.54) is 12.8 Å². The molecule has 0 amide bonds. The first kappa shape index (κ1) is 12.1. The summed E-state index contributed by atoms with van der Waals surface area (Å²) in [5.74, 6) is 1.62. The minimum atomic E-state index is 0.550. The zero-order valence-corrected chi connectivity index (χ0v) is 10.5. The molecule has 0 radical (unpaired) electrons. The van der Waals surface area contributed by atoms with Gasteiger partial charge in [0.05, 0.1) is 6.61 Å². The molecule has 2 rings (SSSR count). The van der Waals surface area contributed by atoms with E-state index in [2.05, 4.69) is 20.2 Å². The van der Waals surface area contributed by atoms with Crippen LogP contribution in [0.2, 0.25) is 0 Å². The van der Waals surface area contributed by atoms with Crippen molar-refractivity contribution in [3.05, 3.63) is 12.4 Å². The topological polar surface area (TPSA) is 50.3 Å². The van der Waals surface area contributed by atoms with Crippen molar-refractivity contribution >= 4 is 5.82 Å². The van der Waals surface area contributed by atoms with E-state index in [1.807, 2.05) is 20.0 Å². The highest BCUT2D eigenvalue weighted by Crippen LogP contribution is 2.20. The first-order valence-corrected chi connectivity index (χ1v) is 6.20. The summed E-state index contributed by atoms with van der Waals surface area (Å²) in [6.45, 7) is 4.65. The quantitative estimate of drug-likeness (QED) is 0.847. The number of nitrogens with one attached hydrogen (secondary N) is 1. The molecule has 0 saturated carbocycles. The molecule has 1 N–H and O–H groups in total. The molecular formula is C12H20N4O. The summed E-state index contributed by atoms with van der Waals surface area (Å²) in [7, 11) is 2.01. The molecule has 94 valence electrons. The Labute approximate surface area is 102 Å². The fourth-order valence-corrected chi connectivity index (χ4v) is 2.15. The van der Waals surface area contributed by atoms with Crippen molar-refractivity contribution < 1.29 is 4.74 Å². The van der Waals surface area contributed by atoms with Crippen molar-refractivity contribution in [2.24, 2.45) is 0 Å². The maximum absolute atomic E-state index is 5.40. The molecule has 2 heterocycles. The normalized spacial score (nSPS) is 20.4. The van der Waals surface area contributed by atoms with Crippen LogP contribution >= 0.6 is 0 Å². The summed E-state index contributed by atoms with van der Waals surface area (Å²) in [6, 6.07) is 2.47. The number of aromatic nitrogens is 2. The van der Waals surface area contributed by atoms with Crippen LogP contribution in [0.15, 0.2) is 12.4 Å². The van der Waals surface area contributed by atoms with Crippen molar-refractivity contribution in [2.75, 3.05) is 31.6 Å². The number of ether oxygens (including phenoxy) is 1. The summed E-state index contributed by atoms with van der Waals surface area (Å²) in [6.07, 6.45) is 4.00. The lowest BCUT2D eigenvalue weighted by Gasteiger charge is -2.33. The van der Waals surface area contributed by atoms with Crippen LogP contribution in [-0.4, -0.2) is 42.8 Å². The van der Waals surface area contributed by atoms with Gasteiger partial charge in [0.2, 0.25) is 5.88 Å². The Morgan fingerprint density at radius 2 is 2.41 bits per heavy atom. The van der Waals surface area contributed by atoms with E-state index in [4.69, 9.17) is 4.74 Å². The maximum atomic E-state index is 5.40. The van der Waals surface area contributed by atoms with Gasteiger partial charge in [0.15, 0.2) is 0 Å². The van der Waals surface area contributed by atoms with Gasteiger partial charge in [-0.05, 0) is 26.8 Å².